The summed E-state index contributed by atoms with van der Waals surface area (Å²) in [6.07, 6.45) is 2.13. The standard InChI is InChI=1S/C22H24ClN3O3/c1-29-21(14-22(27)25-28)19(13-16-7-9-18(23)10-8-16)20-11-12-26(24-20)15-17-5-3-2-4-6-17/h2-12,19,21,28H,13-15H2,1H3,(H,25,27). The van der Waals surface area contributed by atoms with Crippen LogP contribution in [0.25, 0.3) is 0 Å². The number of amides is 1. The SMILES string of the molecule is COC(CC(=O)NO)C(Cc1ccc(Cl)cc1)c1ccn(Cc2ccccc2)n1. The first kappa shape index (κ1) is 21.0. The molecule has 7 heteroatoms. The molecule has 0 aliphatic carbocycles. The van der Waals surface area contributed by atoms with Gasteiger partial charge >= 0.3 is 0 Å². The Morgan fingerprint density at radius 2 is 1.86 bits per heavy atom. The third-order valence-electron chi connectivity index (χ3n) is 4.86. The molecular weight excluding hydrogens is 390 g/mol. The molecule has 3 rings (SSSR count). The van der Waals surface area contributed by atoms with Gasteiger partial charge in [-0.15, -0.1) is 0 Å². The molecule has 2 N–H and O–H groups in total. The Hall–Kier alpha value is -2.67. The Morgan fingerprint density at radius 1 is 1.14 bits per heavy atom. The molecule has 0 spiro atoms. The minimum Gasteiger partial charge on any atom is -0.380 e. The first-order valence-corrected chi connectivity index (χ1v) is 9.74. The molecule has 0 bridgehead atoms. The van der Waals surface area contributed by atoms with Crippen molar-refractivity contribution in [3.8, 4) is 0 Å². The average molecular weight is 414 g/mol. The van der Waals surface area contributed by atoms with Crippen molar-refractivity contribution in [2.75, 3.05) is 7.11 Å². The summed E-state index contributed by atoms with van der Waals surface area (Å²) in [6, 6.07) is 19.6. The van der Waals surface area contributed by atoms with Crippen molar-refractivity contribution in [3.63, 3.8) is 0 Å². The summed E-state index contributed by atoms with van der Waals surface area (Å²) < 4.78 is 7.49. The van der Waals surface area contributed by atoms with E-state index in [1.54, 1.807) is 12.6 Å². The third-order valence-corrected chi connectivity index (χ3v) is 5.11. The van der Waals surface area contributed by atoms with Gasteiger partial charge in [0.05, 0.1) is 24.8 Å². The molecule has 1 aromatic heterocycles. The van der Waals surface area contributed by atoms with Gasteiger partial charge in [-0.25, -0.2) is 5.48 Å². The van der Waals surface area contributed by atoms with Crippen LogP contribution in [-0.2, 0) is 22.5 Å². The van der Waals surface area contributed by atoms with E-state index in [1.807, 2.05) is 59.4 Å². The average Bonchev–Trinajstić information content (AvgIpc) is 3.20. The number of hydrogen-bond donors (Lipinski definition) is 2. The summed E-state index contributed by atoms with van der Waals surface area (Å²) in [6.45, 7) is 0.656. The van der Waals surface area contributed by atoms with E-state index in [0.29, 0.717) is 18.0 Å². The molecule has 0 saturated carbocycles. The molecular formula is C22H24ClN3O3. The Kier molecular flexibility index (Phi) is 7.41. The smallest absolute Gasteiger partial charge is 0.245 e. The van der Waals surface area contributed by atoms with Crippen molar-refractivity contribution in [3.05, 3.63) is 88.7 Å². The minimum absolute atomic E-state index is 0.0246. The lowest BCUT2D eigenvalue weighted by atomic mass is 9.89. The minimum atomic E-state index is -0.498. The van der Waals surface area contributed by atoms with Gasteiger partial charge in [0.25, 0.3) is 0 Å². The molecule has 152 valence electrons. The molecule has 0 radical (unpaired) electrons. The van der Waals surface area contributed by atoms with Crippen molar-refractivity contribution in [2.24, 2.45) is 0 Å². The van der Waals surface area contributed by atoms with Crippen molar-refractivity contribution in [1.29, 1.82) is 0 Å². The van der Waals surface area contributed by atoms with Crippen LogP contribution in [0.4, 0.5) is 0 Å². The highest BCUT2D eigenvalue weighted by molar-refractivity contribution is 6.30. The summed E-state index contributed by atoms with van der Waals surface area (Å²) in [7, 11) is 1.56. The van der Waals surface area contributed by atoms with E-state index in [-0.39, 0.29) is 12.3 Å². The maximum Gasteiger partial charge on any atom is 0.245 e. The predicted octanol–water partition coefficient (Wildman–Crippen LogP) is 3.82. The van der Waals surface area contributed by atoms with Crippen LogP contribution >= 0.6 is 11.6 Å². The molecule has 2 unspecified atom stereocenters. The number of methoxy groups -OCH3 is 1. The van der Waals surface area contributed by atoms with Crippen LogP contribution in [-0.4, -0.2) is 34.1 Å². The molecule has 1 amide bonds. The predicted molar refractivity (Wildman–Crippen MR) is 111 cm³/mol. The Bertz CT molecular complexity index is 913. The molecule has 0 aliphatic rings. The second-order valence-electron chi connectivity index (χ2n) is 6.87. The summed E-state index contributed by atoms with van der Waals surface area (Å²) >= 11 is 6.00. The number of carbonyl (C=O) groups is 1. The number of carbonyl (C=O) groups excluding carboxylic acids is 1. The first-order chi connectivity index (χ1) is 14.1. The Labute approximate surface area is 175 Å². The lowest BCUT2D eigenvalue weighted by Crippen LogP contribution is -2.31. The van der Waals surface area contributed by atoms with Gasteiger partial charge in [0.15, 0.2) is 0 Å². The van der Waals surface area contributed by atoms with Crippen molar-refractivity contribution >= 4 is 17.5 Å². The van der Waals surface area contributed by atoms with Crippen LogP contribution in [0, 0.1) is 0 Å². The molecule has 29 heavy (non-hydrogen) atoms. The highest BCUT2D eigenvalue weighted by Gasteiger charge is 2.28. The highest BCUT2D eigenvalue weighted by Crippen LogP contribution is 2.28. The molecule has 0 aliphatic heterocycles. The van der Waals surface area contributed by atoms with Gasteiger partial charge in [0.2, 0.25) is 5.91 Å². The first-order valence-electron chi connectivity index (χ1n) is 9.36. The summed E-state index contributed by atoms with van der Waals surface area (Å²) in [5.74, 6) is -0.669. The number of benzene rings is 2. The van der Waals surface area contributed by atoms with Crippen LogP contribution in [0.5, 0.6) is 0 Å². The number of halogens is 1. The van der Waals surface area contributed by atoms with E-state index in [0.717, 1.165) is 16.8 Å². The lowest BCUT2D eigenvalue weighted by Gasteiger charge is -2.24. The molecule has 2 atom stereocenters. The number of aromatic nitrogens is 2. The zero-order valence-corrected chi connectivity index (χ0v) is 16.9. The number of nitrogens with zero attached hydrogens (tertiary/aromatic N) is 2. The summed E-state index contributed by atoms with van der Waals surface area (Å²) in [4.78, 5) is 11.8. The van der Waals surface area contributed by atoms with E-state index in [9.17, 15) is 4.79 Å². The Morgan fingerprint density at radius 3 is 2.52 bits per heavy atom. The van der Waals surface area contributed by atoms with Crippen LogP contribution in [0.15, 0.2) is 66.9 Å². The largest absolute Gasteiger partial charge is 0.380 e. The number of hydroxylamine groups is 1. The third kappa shape index (κ3) is 5.90. The van der Waals surface area contributed by atoms with Gasteiger partial charge in [0.1, 0.15) is 0 Å². The van der Waals surface area contributed by atoms with E-state index in [1.165, 1.54) is 0 Å². The van der Waals surface area contributed by atoms with Crippen LogP contribution in [0.3, 0.4) is 0 Å². The maximum atomic E-state index is 11.8. The molecule has 3 aromatic rings. The monoisotopic (exact) mass is 413 g/mol. The number of rotatable bonds is 9. The van der Waals surface area contributed by atoms with Gasteiger partial charge in [-0.2, -0.15) is 5.10 Å². The zero-order chi connectivity index (χ0) is 20.6. The van der Waals surface area contributed by atoms with Gasteiger partial charge in [0, 0.05) is 24.2 Å². The second kappa shape index (κ2) is 10.2. The summed E-state index contributed by atoms with van der Waals surface area (Å²) in [5.41, 5.74) is 4.72. The lowest BCUT2D eigenvalue weighted by molar-refractivity contribution is -0.132. The van der Waals surface area contributed by atoms with E-state index in [2.05, 4.69) is 12.1 Å². The van der Waals surface area contributed by atoms with E-state index < -0.39 is 12.0 Å². The normalized spacial score (nSPS) is 13.1. The van der Waals surface area contributed by atoms with Crippen LogP contribution in [0.1, 0.15) is 29.2 Å². The number of hydrogen-bond acceptors (Lipinski definition) is 4. The van der Waals surface area contributed by atoms with Crippen LogP contribution in [0.2, 0.25) is 5.02 Å². The summed E-state index contributed by atoms with van der Waals surface area (Å²) in [5, 5.41) is 14.3. The Balaban J connectivity index is 1.85. The molecule has 0 fully saturated rings. The van der Waals surface area contributed by atoms with Gasteiger partial charge in [-0.1, -0.05) is 54.1 Å². The highest BCUT2D eigenvalue weighted by atomic mass is 35.5. The van der Waals surface area contributed by atoms with Crippen molar-refractivity contribution < 1.29 is 14.7 Å². The van der Waals surface area contributed by atoms with Crippen molar-refractivity contribution in [2.45, 2.75) is 31.4 Å². The quantitative estimate of drug-likeness (QED) is 0.413. The fourth-order valence-corrected chi connectivity index (χ4v) is 3.48. The number of ether oxygens (including phenoxy) is 1. The molecule has 2 aromatic carbocycles. The molecule has 1 heterocycles. The molecule has 6 nitrogen and oxygen atoms in total. The second-order valence-corrected chi connectivity index (χ2v) is 7.31. The fourth-order valence-electron chi connectivity index (χ4n) is 3.35. The van der Waals surface area contributed by atoms with Gasteiger partial charge in [-0.05, 0) is 35.7 Å². The van der Waals surface area contributed by atoms with Crippen LogP contribution < -0.4 is 5.48 Å². The maximum absolute atomic E-state index is 11.8. The molecule has 0 saturated heterocycles. The van der Waals surface area contributed by atoms with E-state index in [4.69, 9.17) is 26.6 Å². The topological polar surface area (TPSA) is 76.4 Å². The van der Waals surface area contributed by atoms with Gasteiger partial charge in [-0.3, -0.25) is 14.7 Å². The van der Waals surface area contributed by atoms with E-state index >= 15 is 0 Å². The fraction of sp³-hybridized carbons (Fsp3) is 0.273. The van der Waals surface area contributed by atoms with Crippen molar-refractivity contribution in [1.82, 2.24) is 15.3 Å². The zero-order valence-electron chi connectivity index (χ0n) is 16.2. The number of nitrogens with one attached hydrogen (secondary N) is 1. The van der Waals surface area contributed by atoms with Gasteiger partial charge < -0.3 is 4.74 Å².